The van der Waals surface area contributed by atoms with Crippen LogP contribution in [0, 0.1) is 0 Å². The molecule has 0 atom stereocenters. The van der Waals surface area contributed by atoms with Crippen LogP contribution in [0.3, 0.4) is 0 Å². The summed E-state index contributed by atoms with van der Waals surface area (Å²) in [7, 11) is 0. The van der Waals surface area contributed by atoms with Gasteiger partial charge < -0.3 is 14.7 Å². The second-order valence-corrected chi connectivity index (χ2v) is 5.48. The fourth-order valence-electron chi connectivity index (χ4n) is 2.30. The SMILES string of the molecule is CC(C)(c1ccccn1)c1nc(N2CCNCC2)no1. The minimum Gasteiger partial charge on any atom is -0.336 e. The molecule has 20 heavy (non-hydrogen) atoms. The summed E-state index contributed by atoms with van der Waals surface area (Å²) in [6.45, 7) is 7.81. The van der Waals surface area contributed by atoms with Gasteiger partial charge in [-0.1, -0.05) is 6.07 Å². The van der Waals surface area contributed by atoms with Gasteiger partial charge >= 0.3 is 0 Å². The van der Waals surface area contributed by atoms with E-state index in [1.165, 1.54) is 0 Å². The number of pyridine rings is 1. The molecule has 1 fully saturated rings. The van der Waals surface area contributed by atoms with Gasteiger partial charge in [0.25, 0.3) is 5.95 Å². The number of nitrogens with one attached hydrogen (secondary N) is 1. The molecule has 0 spiro atoms. The second-order valence-electron chi connectivity index (χ2n) is 5.48. The number of hydrogen-bond donors (Lipinski definition) is 1. The predicted octanol–water partition coefficient (Wildman–Crippen LogP) is 1.20. The maximum absolute atomic E-state index is 5.47. The second kappa shape index (κ2) is 5.20. The van der Waals surface area contributed by atoms with Crippen LogP contribution in [0.25, 0.3) is 0 Å². The number of nitrogens with zero attached hydrogens (tertiary/aromatic N) is 4. The molecule has 6 heteroatoms. The quantitative estimate of drug-likeness (QED) is 0.906. The van der Waals surface area contributed by atoms with Gasteiger partial charge in [0, 0.05) is 32.4 Å². The van der Waals surface area contributed by atoms with Crippen LogP contribution in [0.2, 0.25) is 0 Å². The van der Waals surface area contributed by atoms with Crippen LogP contribution in [0.15, 0.2) is 28.9 Å². The summed E-state index contributed by atoms with van der Waals surface area (Å²) in [5.41, 5.74) is 0.538. The van der Waals surface area contributed by atoms with E-state index >= 15 is 0 Å². The normalized spacial score (nSPS) is 16.4. The third kappa shape index (κ3) is 2.38. The summed E-state index contributed by atoms with van der Waals surface area (Å²) in [6, 6.07) is 5.85. The van der Waals surface area contributed by atoms with Crippen LogP contribution < -0.4 is 10.2 Å². The van der Waals surface area contributed by atoms with Gasteiger partial charge in [0.15, 0.2) is 0 Å². The molecule has 1 aliphatic rings. The topological polar surface area (TPSA) is 67.1 Å². The third-order valence-electron chi connectivity index (χ3n) is 3.66. The minimum atomic E-state index is -0.388. The van der Waals surface area contributed by atoms with Gasteiger partial charge in [0.05, 0.1) is 11.1 Å². The van der Waals surface area contributed by atoms with E-state index in [1.807, 2.05) is 32.0 Å². The van der Waals surface area contributed by atoms with Crippen LogP contribution in [0.4, 0.5) is 5.95 Å². The average molecular weight is 273 g/mol. The van der Waals surface area contributed by atoms with E-state index in [0.717, 1.165) is 31.9 Å². The lowest BCUT2D eigenvalue weighted by Gasteiger charge is -2.25. The van der Waals surface area contributed by atoms with Crippen LogP contribution in [-0.2, 0) is 5.41 Å². The molecule has 1 aliphatic heterocycles. The fourth-order valence-corrected chi connectivity index (χ4v) is 2.30. The molecule has 1 N–H and O–H groups in total. The Kier molecular flexibility index (Phi) is 3.40. The summed E-state index contributed by atoms with van der Waals surface area (Å²) in [4.78, 5) is 11.1. The Morgan fingerprint density at radius 3 is 2.75 bits per heavy atom. The Balaban J connectivity index is 1.85. The molecule has 2 aromatic rings. The van der Waals surface area contributed by atoms with Crippen LogP contribution in [0.5, 0.6) is 0 Å². The van der Waals surface area contributed by atoms with E-state index in [2.05, 4.69) is 25.3 Å². The fraction of sp³-hybridized carbons (Fsp3) is 0.500. The number of aromatic nitrogens is 3. The van der Waals surface area contributed by atoms with Crippen molar-refractivity contribution in [1.29, 1.82) is 0 Å². The van der Waals surface area contributed by atoms with Crippen LogP contribution >= 0.6 is 0 Å². The number of piperazine rings is 1. The first-order valence-electron chi connectivity index (χ1n) is 6.89. The number of hydrogen-bond acceptors (Lipinski definition) is 6. The Morgan fingerprint density at radius 2 is 2.05 bits per heavy atom. The first kappa shape index (κ1) is 13.1. The highest BCUT2D eigenvalue weighted by molar-refractivity contribution is 5.32. The van der Waals surface area contributed by atoms with Crippen molar-refractivity contribution in [2.24, 2.45) is 0 Å². The first-order chi connectivity index (χ1) is 9.68. The molecule has 0 aliphatic carbocycles. The Bertz CT molecular complexity index is 560. The lowest BCUT2D eigenvalue weighted by atomic mass is 9.89. The van der Waals surface area contributed by atoms with Gasteiger partial charge in [-0.05, 0) is 31.1 Å². The van der Waals surface area contributed by atoms with Gasteiger partial charge in [-0.3, -0.25) is 4.98 Å². The molecule has 1 saturated heterocycles. The Morgan fingerprint density at radius 1 is 1.25 bits per heavy atom. The first-order valence-corrected chi connectivity index (χ1v) is 6.89. The van der Waals surface area contributed by atoms with Crippen molar-refractivity contribution in [3.63, 3.8) is 0 Å². The van der Waals surface area contributed by atoms with Gasteiger partial charge in [-0.15, -0.1) is 0 Å². The van der Waals surface area contributed by atoms with E-state index in [9.17, 15) is 0 Å². The highest BCUT2D eigenvalue weighted by Gasteiger charge is 2.32. The van der Waals surface area contributed by atoms with Crippen molar-refractivity contribution in [3.8, 4) is 0 Å². The summed E-state index contributed by atoms with van der Waals surface area (Å²) >= 11 is 0. The average Bonchev–Trinajstić information content (AvgIpc) is 3.00. The van der Waals surface area contributed by atoms with Crippen molar-refractivity contribution in [2.75, 3.05) is 31.1 Å². The van der Waals surface area contributed by atoms with E-state index in [1.54, 1.807) is 6.20 Å². The molecule has 0 bridgehead atoms. The molecule has 0 aromatic carbocycles. The zero-order valence-electron chi connectivity index (χ0n) is 11.8. The van der Waals surface area contributed by atoms with Crippen molar-refractivity contribution in [2.45, 2.75) is 19.3 Å². The van der Waals surface area contributed by atoms with E-state index < -0.39 is 0 Å². The lowest BCUT2D eigenvalue weighted by Crippen LogP contribution is -2.44. The molecule has 3 heterocycles. The largest absolute Gasteiger partial charge is 0.336 e. The van der Waals surface area contributed by atoms with E-state index in [0.29, 0.717) is 11.8 Å². The smallest absolute Gasteiger partial charge is 0.266 e. The van der Waals surface area contributed by atoms with Gasteiger partial charge in [-0.2, -0.15) is 4.98 Å². The van der Waals surface area contributed by atoms with Crippen molar-refractivity contribution in [1.82, 2.24) is 20.4 Å². The zero-order chi connectivity index (χ0) is 14.0. The van der Waals surface area contributed by atoms with E-state index in [4.69, 9.17) is 4.52 Å². The van der Waals surface area contributed by atoms with Gasteiger partial charge in [0.1, 0.15) is 0 Å². The standard InChI is InChI=1S/C14H19N5O/c1-14(2,11-5-3-4-6-16-11)12-17-13(18-20-12)19-9-7-15-8-10-19/h3-6,15H,7-10H2,1-2H3. The molecule has 0 radical (unpaired) electrons. The zero-order valence-corrected chi connectivity index (χ0v) is 11.8. The van der Waals surface area contributed by atoms with Crippen molar-refractivity contribution < 1.29 is 4.52 Å². The molecule has 3 rings (SSSR count). The molecular formula is C14H19N5O. The minimum absolute atomic E-state index is 0.388. The molecule has 0 unspecified atom stereocenters. The molecule has 106 valence electrons. The Hall–Kier alpha value is -1.95. The summed E-state index contributed by atoms with van der Waals surface area (Å²) in [5.74, 6) is 1.27. The molecule has 0 saturated carbocycles. The van der Waals surface area contributed by atoms with Gasteiger partial charge in [-0.25, -0.2) is 0 Å². The summed E-state index contributed by atoms with van der Waals surface area (Å²) < 4.78 is 5.47. The third-order valence-corrected chi connectivity index (χ3v) is 3.66. The molecule has 6 nitrogen and oxygen atoms in total. The number of anilines is 1. The monoisotopic (exact) mass is 273 g/mol. The number of rotatable bonds is 3. The van der Waals surface area contributed by atoms with Gasteiger partial charge in [0.2, 0.25) is 5.89 Å². The predicted molar refractivity (Wildman–Crippen MR) is 75.7 cm³/mol. The summed E-state index contributed by atoms with van der Waals surface area (Å²) in [5, 5.41) is 7.43. The maximum Gasteiger partial charge on any atom is 0.266 e. The maximum atomic E-state index is 5.47. The summed E-state index contributed by atoms with van der Waals surface area (Å²) in [6.07, 6.45) is 1.78. The van der Waals surface area contributed by atoms with Crippen LogP contribution in [-0.4, -0.2) is 41.3 Å². The van der Waals surface area contributed by atoms with Crippen LogP contribution in [0.1, 0.15) is 25.4 Å². The van der Waals surface area contributed by atoms with Crippen molar-refractivity contribution >= 4 is 5.95 Å². The van der Waals surface area contributed by atoms with E-state index in [-0.39, 0.29) is 5.41 Å². The Labute approximate surface area is 118 Å². The molecule has 0 amide bonds. The highest BCUT2D eigenvalue weighted by atomic mass is 16.5. The molecule has 2 aromatic heterocycles. The van der Waals surface area contributed by atoms with Crippen molar-refractivity contribution in [3.05, 3.63) is 36.0 Å². The lowest BCUT2D eigenvalue weighted by molar-refractivity contribution is 0.328. The molecular weight excluding hydrogens is 254 g/mol. The highest BCUT2D eigenvalue weighted by Crippen LogP contribution is 2.29.